The van der Waals surface area contributed by atoms with Crippen molar-refractivity contribution in [1.82, 2.24) is 9.21 Å². The van der Waals surface area contributed by atoms with Crippen molar-refractivity contribution in [1.29, 1.82) is 5.41 Å². The summed E-state index contributed by atoms with van der Waals surface area (Å²) in [6.07, 6.45) is 2.70. The predicted molar refractivity (Wildman–Crippen MR) is 106 cm³/mol. The number of nitrogens with zero attached hydrogens (tertiary/aromatic N) is 2. The van der Waals surface area contributed by atoms with Crippen LogP contribution < -0.4 is 5.73 Å². The fourth-order valence-electron chi connectivity index (χ4n) is 2.77. The number of nitrogens with two attached hydrogens (primary N) is 1. The Morgan fingerprint density at radius 3 is 2.36 bits per heavy atom. The van der Waals surface area contributed by atoms with Crippen LogP contribution in [0.3, 0.4) is 0 Å². The van der Waals surface area contributed by atoms with Crippen molar-refractivity contribution in [3.8, 4) is 0 Å². The summed E-state index contributed by atoms with van der Waals surface area (Å²) in [5.41, 5.74) is 6.53. The van der Waals surface area contributed by atoms with E-state index >= 15 is 0 Å². The van der Waals surface area contributed by atoms with E-state index in [4.69, 9.17) is 11.1 Å². The van der Waals surface area contributed by atoms with Crippen LogP contribution >= 0.6 is 24.8 Å². The lowest BCUT2D eigenvalue weighted by molar-refractivity contribution is 0.359. The van der Waals surface area contributed by atoms with Crippen molar-refractivity contribution in [2.75, 3.05) is 19.6 Å². The zero-order valence-electron chi connectivity index (χ0n) is 14.6. The molecular formula is C16H28Cl2N4O2S. The van der Waals surface area contributed by atoms with Gasteiger partial charge in [0.25, 0.3) is 10.0 Å². The Bertz CT molecular complexity index is 653. The van der Waals surface area contributed by atoms with Gasteiger partial charge in [-0.1, -0.05) is 25.5 Å². The van der Waals surface area contributed by atoms with Crippen LogP contribution in [0.15, 0.2) is 29.2 Å². The number of sulfonamides is 1. The molecule has 1 unspecified atom stereocenters. The van der Waals surface area contributed by atoms with Crippen LogP contribution in [-0.4, -0.2) is 49.3 Å². The third-order valence-electron chi connectivity index (χ3n) is 4.17. The second-order valence-electron chi connectivity index (χ2n) is 5.94. The van der Waals surface area contributed by atoms with E-state index in [0.29, 0.717) is 13.1 Å². The molecule has 1 saturated heterocycles. The number of benzene rings is 1. The van der Waals surface area contributed by atoms with E-state index in [0.717, 1.165) is 31.4 Å². The third kappa shape index (κ3) is 5.23. The lowest BCUT2D eigenvalue weighted by Crippen LogP contribution is -2.38. The van der Waals surface area contributed by atoms with E-state index in [1.165, 1.54) is 4.31 Å². The molecule has 0 radical (unpaired) electrons. The molecule has 144 valence electrons. The van der Waals surface area contributed by atoms with Crippen molar-refractivity contribution in [2.45, 2.75) is 44.0 Å². The Hall–Kier alpha value is -1.02. The lowest BCUT2D eigenvalue weighted by Gasteiger charge is -2.23. The van der Waals surface area contributed by atoms with Crippen LogP contribution in [0.1, 0.15) is 32.3 Å². The predicted octanol–water partition coefficient (Wildman–Crippen LogP) is 2.46. The van der Waals surface area contributed by atoms with Gasteiger partial charge in [0.1, 0.15) is 0 Å². The molecule has 9 heteroatoms. The average molecular weight is 411 g/mol. The van der Waals surface area contributed by atoms with Gasteiger partial charge in [-0.2, -0.15) is 0 Å². The lowest BCUT2D eigenvalue weighted by atomic mass is 10.2. The maximum Gasteiger partial charge on any atom is 0.266 e. The van der Waals surface area contributed by atoms with Gasteiger partial charge < -0.3 is 10.6 Å². The molecule has 6 nitrogen and oxygen atoms in total. The van der Waals surface area contributed by atoms with E-state index in [2.05, 4.69) is 6.92 Å². The van der Waals surface area contributed by atoms with Gasteiger partial charge in [-0.05, 0) is 44.0 Å². The molecular weight excluding hydrogens is 383 g/mol. The van der Waals surface area contributed by atoms with Crippen molar-refractivity contribution >= 4 is 40.8 Å². The topological polar surface area (TPSA) is 90.5 Å². The van der Waals surface area contributed by atoms with Gasteiger partial charge in [-0.25, -0.2) is 12.7 Å². The molecule has 0 amide bonds. The minimum Gasteiger partial charge on any atom is -0.338 e. The molecule has 1 fully saturated rings. The fourth-order valence-corrected chi connectivity index (χ4v) is 4.24. The molecule has 3 N–H and O–H groups in total. The van der Waals surface area contributed by atoms with E-state index in [1.807, 2.05) is 11.8 Å². The summed E-state index contributed by atoms with van der Waals surface area (Å²) in [6.45, 7) is 5.63. The van der Waals surface area contributed by atoms with Crippen LogP contribution in [0.5, 0.6) is 0 Å². The van der Waals surface area contributed by atoms with Crippen LogP contribution in [0.25, 0.3) is 0 Å². The Morgan fingerprint density at radius 2 is 1.84 bits per heavy atom. The number of unbranched alkanes of at least 4 members (excludes halogenated alkanes) is 1. The van der Waals surface area contributed by atoms with Gasteiger partial charge in [-0.15, -0.1) is 24.8 Å². The van der Waals surface area contributed by atoms with E-state index < -0.39 is 10.0 Å². The minimum atomic E-state index is -3.67. The number of nitrogens with one attached hydrogen (secondary N) is 1. The zero-order valence-corrected chi connectivity index (χ0v) is 17.1. The maximum atomic E-state index is 12.8. The summed E-state index contributed by atoms with van der Waals surface area (Å²) in [4.78, 5) is 2.09. The number of guanidine groups is 1. The molecule has 1 atom stereocenters. The molecule has 0 aromatic heterocycles. The monoisotopic (exact) mass is 410 g/mol. The van der Waals surface area contributed by atoms with Crippen LogP contribution in [-0.2, 0) is 16.4 Å². The molecule has 1 aliphatic heterocycles. The van der Waals surface area contributed by atoms with Gasteiger partial charge in [0.05, 0.1) is 11.4 Å². The van der Waals surface area contributed by atoms with E-state index in [1.54, 1.807) is 24.3 Å². The van der Waals surface area contributed by atoms with Gasteiger partial charge in [0, 0.05) is 12.6 Å². The Kier molecular flexibility index (Phi) is 9.79. The molecule has 1 aromatic carbocycles. The normalized spacial score (nSPS) is 17.2. The van der Waals surface area contributed by atoms with Gasteiger partial charge in [0.15, 0.2) is 0 Å². The summed E-state index contributed by atoms with van der Waals surface area (Å²) < 4.78 is 26.8. The van der Waals surface area contributed by atoms with Crippen molar-refractivity contribution in [3.05, 3.63) is 29.8 Å². The first-order chi connectivity index (χ1) is 10.9. The number of hydrogen-bond acceptors (Lipinski definition) is 4. The summed E-state index contributed by atoms with van der Waals surface area (Å²) in [5.74, 6) is 0.0805. The van der Waals surface area contributed by atoms with Crippen molar-refractivity contribution in [3.63, 3.8) is 0 Å². The molecule has 1 aliphatic rings. The minimum absolute atomic E-state index is 0. The van der Waals surface area contributed by atoms with Crippen LogP contribution in [0.4, 0.5) is 0 Å². The maximum absolute atomic E-state index is 12.8. The largest absolute Gasteiger partial charge is 0.338 e. The number of rotatable bonds is 7. The summed E-state index contributed by atoms with van der Waals surface area (Å²) in [6, 6.07) is 6.82. The van der Waals surface area contributed by atoms with E-state index in [-0.39, 0.29) is 41.7 Å². The highest BCUT2D eigenvalue weighted by Crippen LogP contribution is 2.24. The molecule has 2 rings (SSSR count). The number of hydrogen-bond donors (Lipinski definition) is 2. The van der Waals surface area contributed by atoms with Gasteiger partial charge in [0.2, 0.25) is 5.96 Å². The summed E-state index contributed by atoms with van der Waals surface area (Å²) >= 11 is 0. The highest BCUT2D eigenvalue weighted by atomic mass is 35.5. The third-order valence-corrected chi connectivity index (χ3v) is 5.94. The molecule has 0 saturated carbocycles. The van der Waals surface area contributed by atoms with Crippen LogP contribution in [0, 0.1) is 5.41 Å². The second kappa shape index (κ2) is 10.2. The second-order valence-corrected chi connectivity index (χ2v) is 7.80. The molecule has 0 aliphatic carbocycles. The molecule has 25 heavy (non-hydrogen) atoms. The Morgan fingerprint density at radius 1 is 1.24 bits per heavy atom. The van der Waals surface area contributed by atoms with Gasteiger partial charge in [-0.3, -0.25) is 5.41 Å². The van der Waals surface area contributed by atoms with Crippen molar-refractivity contribution < 1.29 is 8.42 Å². The Balaban J connectivity index is 0.00000288. The first kappa shape index (κ1) is 24.0. The molecule has 0 bridgehead atoms. The van der Waals surface area contributed by atoms with Crippen molar-refractivity contribution in [2.24, 2.45) is 5.73 Å². The smallest absolute Gasteiger partial charge is 0.266 e. The first-order valence-electron chi connectivity index (χ1n) is 8.08. The highest BCUT2D eigenvalue weighted by Gasteiger charge is 2.38. The van der Waals surface area contributed by atoms with Gasteiger partial charge >= 0.3 is 0 Å². The van der Waals surface area contributed by atoms with Crippen LogP contribution in [0.2, 0.25) is 0 Å². The zero-order chi connectivity index (χ0) is 17.0. The first-order valence-corrected chi connectivity index (χ1v) is 9.52. The Labute approximate surface area is 163 Å². The average Bonchev–Trinajstić information content (AvgIpc) is 2.81. The summed E-state index contributed by atoms with van der Waals surface area (Å²) in [5, 5.41) is 8.24. The van der Waals surface area contributed by atoms with E-state index in [9.17, 15) is 8.42 Å². The molecule has 1 heterocycles. The quantitative estimate of drug-likeness (QED) is 0.721. The summed E-state index contributed by atoms with van der Waals surface area (Å²) in [7, 11) is -3.67. The fraction of sp³-hybridized carbons (Fsp3) is 0.562. The number of halogens is 2. The molecule has 0 spiro atoms. The standard InChI is InChI=1S/C16H26N4O2S.2ClH/c1-3-4-11-19-13(2)12-20(16(19)18)23(21,22)15-7-5-14(6-8-15)9-10-17;;/h5-8,13,18H,3-4,9-12,17H2,1-2H3;2*1H. The SMILES string of the molecule is CCCCN1C(=N)N(S(=O)(=O)c2ccc(CCN)cc2)CC1C.Cl.Cl. The molecule has 1 aromatic rings. The highest BCUT2D eigenvalue weighted by molar-refractivity contribution is 7.89.